The molecule has 0 N–H and O–H groups in total. The molecule has 1 saturated heterocycles. The monoisotopic (exact) mass is 125 g/mol. The number of likely N-dealkylation sites (tertiary alicyclic amines) is 1. The smallest absolute Gasteiger partial charge is 0.0121 e. The highest BCUT2D eigenvalue weighted by atomic mass is 15.2. The first-order chi connectivity index (χ1) is 4.25. The summed E-state index contributed by atoms with van der Waals surface area (Å²) in [5.41, 5.74) is 0.800. The highest BCUT2D eigenvalue weighted by Gasteiger charge is 2.51. The fraction of sp³-hybridized carbons (Fsp3) is 1.00. The van der Waals surface area contributed by atoms with Crippen molar-refractivity contribution in [3.63, 3.8) is 0 Å². The van der Waals surface area contributed by atoms with Gasteiger partial charge in [0.25, 0.3) is 0 Å². The van der Waals surface area contributed by atoms with Crippen LogP contribution in [0.1, 0.15) is 26.2 Å². The normalized spacial score (nSPS) is 40.0. The van der Waals surface area contributed by atoms with E-state index in [-0.39, 0.29) is 0 Å². The maximum atomic E-state index is 2.49. The average molecular weight is 125 g/mol. The van der Waals surface area contributed by atoms with Crippen LogP contribution >= 0.6 is 0 Å². The van der Waals surface area contributed by atoms with E-state index in [1.165, 1.54) is 25.8 Å². The van der Waals surface area contributed by atoms with Crippen LogP contribution in [0.3, 0.4) is 0 Å². The van der Waals surface area contributed by atoms with Crippen LogP contribution in [0.25, 0.3) is 0 Å². The molecule has 9 heavy (non-hydrogen) atoms. The third-order valence-electron chi connectivity index (χ3n) is 3.40. The van der Waals surface area contributed by atoms with Gasteiger partial charge >= 0.3 is 0 Å². The molecule has 1 heterocycles. The highest BCUT2D eigenvalue weighted by molar-refractivity contribution is 5.05. The lowest BCUT2D eigenvalue weighted by atomic mass is 9.99. The van der Waals surface area contributed by atoms with Crippen LogP contribution in [0.15, 0.2) is 0 Å². The largest absolute Gasteiger partial charge is 0.303 e. The Bertz CT molecular complexity index is 127. The minimum Gasteiger partial charge on any atom is -0.303 e. The van der Waals surface area contributed by atoms with Gasteiger partial charge in [-0.05, 0) is 45.2 Å². The van der Waals surface area contributed by atoms with Gasteiger partial charge in [-0.3, -0.25) is 0 Å². The molecule has 0 unspecified atom stereocenters. The summed E-state index contributed by atoms with van der Waals surface area (Å²) in [6.07, 6.45) is 4.46. The summed E-state index contributed by atoms with van der Waals surface area (Å²) in [6, 6.07) is 0.873. The predicted molar refractivity (Wildman–Crippen MR) is 38.4 cm³/mol. The Morgan fingerprint density at radius 1 is 1.33 bits per heavy atom. The molecule has 1 aliphatic heterocycles. The van der Waals surface area contributed by atoms with E-state index < -0.39 is 0 Å². The van der Waals surface area contributed by atoms with Crippen molar-refractivity contribution in [1.82, 2.24) is 4.90 Å². The summed E-state index contributed by atoms with van der Waals surface area (Å²) in [6.45, 7) is 3.71. The molecule has 52 valence electrons. The first-order valence-electron chi connectivity index (χ1n) is 3.95. The number of nitrogens with zero attached hydrogens (tertiary/aromatic N) is 1. The van der Waals surface area contributed by atoms with E-state index in [0.717, 1.165) is 11.5 Å². The van der Waals surface area contributed by atoms with Crippen molar-refractivity contribution < 1.29 is 0 Å². The minimum atomic E-state index is 0.800. The Hall–Kier alpha value is -0.0400. The maximum absolute atomic E-state index is 2.49. The molecule has 2 rings (SSSR count). The Balaban J connectivity index is 2.13. The van der Waals surface area contributed by atoms with Gasteiger partial charge in [-0.1, -0.05) is 0 Å². The van der Waals surface area contributed by atoms with Crippen molar-refractivity contribution >= 4 is 0 Å². The molecule has 0 aromatic carbocycles. The summed E-state index contributed by atoms with van der Waals surface area (Å²) < 4.78 is 0. The molecule has 2 fully saturated rings. The average Bonchev–Trinajstić information content (AvgIpc) is 2.57. The van der Waals surface area contributed by atoms with Gasteiger partial charge in [0.05, 0.1) is 0 Å². The van der Waals surface area contributed by atoms with Crippen molar-refractivity contribution in [2.75, 3.05) is 13.6 Å². The Labute approximate surface area is 57.0 Å². The highest BCUT2D eigenvalue weighted by Crippen LogP contribution is 2.56. The first-order valence-corrected chi connectivity index (χ1v) is 3.95. The Morgan fingerprint density at radius 2 is 2.00 bits per heavy atom. The molecule has 1 spiro atoms. The third-order valence-corrected chi connectivity index (χ3v) is 3.40. The van der Waals surface area contributed by atoms with E-state index in [1.807, 2.05) is 0 Å². The van der Waals surface area contributed by atoms with Crippen LogP contribution in [0.5, 0.6) is 0 Å². The summed E-state index contributed by atoms with van der Waals surface area (Å²) in [5, 5.41) is 0. The molecule has 0 aromatic rings. The van der Waals surface area contributed by atoms with Crippen molar-refractivity contribution in [3.8, 4) is 0 Å². The number of hydrogen-bond acceptors (Lipinski definition) is 1. The molecule has 0 aromatic heterocycles. The van der Waals surface area contributed by atoms with Gasteiger partial charge in [-0.15, -0.1) is 0 Å². The Kier molecular flexibility index (Phi) is 0.963. The van der Waals surface area contributed by atoms with Crippen LogP contribution in [-0.2, 0) is 0 Å². The summed E-state index contributed by atoms with van der Waals surface area (Å²) in [5.74, 6) is 0. The molecule has 2 aliphatic rings. The van der Waals surface area contributed by atoms with Crippen LogP contribution in [-0.4, -0.2) is 24.5 Å². The molecular formula is C8H15N. The molecule has 1 aliphatic carbocycles. The molecule has 1 atom stereocenters. The van der Waals surface area contributed by atoms with Gasteiger partial charge in [0.2, 0.25) is 0 Å². The van der Waals surface area contributed by atoms with Gasteiger partial charge < -0.3 is 4.90 Å². The van der Waals surface area contributed by atoms with Gasteiger partial charge in [-0.2, -0.15) is 0 Å². The molecule has 1 nitrogen and oxygen atoms in total. The van der Waals surface area contributed by atoms with Gasteiger partial charge in [-0.25, -0.2) is 0 Å². The van der Waals surface area contributed by atoms with Crippen molar-refractivity contribution in [2.24, 2.45) is 5.41 Å². The van der Waals surface area contributed by atoms with Crippen molar-refractivity contribution in [3.05, 3.63) is 0 Å². The molecule has 0 radical (unpaired) electrons. The van der Waals surface area contributed by atoms with Gasteiger partial charge in [0.15, 0.2) is 0 Å². The van der Waals surface area contributed by atoms with E-state index in [9.17, 15) is 0 Å². The molecular weight excluding hydrogens is 110 g/mol. The van der Waals surface area contributed by atoms with E-state index in [0.29, 0.717) is 0 Å². The standard InChI is InChI=1S/C8H15N/c1-7-8(3-4-8)5-6-9(7)2/h7H,3-6H2,1-2H3/t7-/m1/s1. The lowest BCUT2D eigenvalue weighted by Crippen LogP contribution is -2.26. The van der Waals surface area contributed by atoms with E-state index >= 15 is 0 Å². The number of rotatable bonds is 0. The number of hydrogen-bond donors (Lipinski definition) is 0. The van der Waals surface area contributed by atoms with Crippen LogP contribution in [0.4, 0.5) is 0 Å². The van der Waals surface area contributed by atoms with Crippen LogP contribution in [0.2, 0.25) is 0 Å². The maximum Gasteiger partial charge on any atom is 0.0121 e. The van der Waals surface area contributed by atoms with Gasteiger partial charge in [0, 0.05) is 6.04 Å². The fourth-order valence-electron chi connectivity index (χ4n) is 2.10. The lowest BCUT2D eigenvalue weighted by Gasteiger charge is -2.18. The molecule has 0 bridgehead atoms. The zero-order valence-corrected chi connectivity index (χ0v) is 6.35. The fourth-order valence-corrected chi connectivity index (χ4v) is 2.10. The summed E-state index contributed by atoms with van der Waals surface area (Å²) >= 11 is 0. The van der Waals surface area contributed by atoms with Crippen LogP contribution < -0.4 is 0 Å². The third kappa shape index (κ3) is 0.644. The van der Waals surface area contributed by atoms with Gasteiger partial charge in [0.1, 0.15) is 0 Å². The van der Waals surface area contributed by atoms with Crippen molar-refractivity contribution in [2.45, 2.75) is 32.2 Å². The molecule has 0 amide bonds. The SMILES string of the molecule is C[C@H]1N(C)CCC12CC2. The second-order valence-corrected chi connectivity index (χ2v) is 3.77. The molecule has 1 saturated carbocycles. The van der Waals surface area contributed by atoms with E-state index in [1.54, 1.807) is 0 Å². The predicted octanol–water partition coefficient (Wildman–Crippen LogP) is 1.49. The van der Waals surface area contributed by atoms with E-state index in [2.05, 4.69) is 18.9 Å². The topological polar surface area (TPSA) is 3.24 Å². The quantitative estimate of drug-likeness (QED) is 0.474. The zero-order valence-electron chi connectivity index (χ0n) is 6.35. The molecule has 1 heteroatoms. The van der Waals surface area contributed by atoms with Crippen LogP contribution in [0, 0.1) is 5.41 Å². The van der Waals surface area contributed by atoms with E-state index in [4.69, 9.17) is 0 Å². The minimum absolute atomic E-state index is 0.800. The Morgan fingerprint density at radius 3 is 2.22 bits per heavy atom. The van der Waals surface area contributed by atoms with Crippen molar-refractivity contribution in [1.29, 1.82) is 0 Å². The second-order valence-electron chi connectivity index (χ2n) is 3.77. The lowest BCUT2D eigenvalue weighted by molar-refractivity contribution is 0.282. The summed E-state index contributed by atoms with van der Waals surface area (Å²) in [7, 11) is 2.25. The first kappa shape index (κ1) is 5.72. The zero-order chi connectivity index (χ0) is 6.48. The summed E-state index contributed by atoms with van der Waals surface area (Å²) in [4.78, 5) is 2.49. The second kappa shape index (κ2) is 1.51.